The molecule has 2 aromatic heterocycles. The molecule has 0 unspecified atom stereocenters. The van der Waals surface area contributed by atoms with Gasteiger partial charge >= 0.3 is 0 Å². The first-order valence-electron chi connectivity index (χ1n) is 12.3. The van der Waals surface area contributed by atoms with Crippen molar-refractivity contribution in [2.75, 3.05) is 23.8 Å². The Balaban J connectivity index is 0.983. The standard InChI is InChI=1S/C26H28N6O3/c33-23(27-17-7-9-19-21(11-17)31-25(29-19)15-3-1-4-15)13-35-14-24(34)28-18-8-10-20-22(12-18)32-26(30-20)16-5-2-6-16/h7-12,15-16H,1-6,13-14H2,(H,27,33)(H,28,34)(H,29,31)(H,30,32). The molecule has 2 saturated carbocycles. The van der Waals surface area contributed by atoms with Gasteiger partial charge in [-0.05, 0) is 62.1 Å². The van der Waals surface area contributed by atoms with Crippen molar-refractivity contribution in [1.82, 2.24) is 19.9 Å². The molecule has 0 saturated heterocycles. The van der Waals surface area contributed by atoms with Gasteiger partial charge in [-0.25, -0.2) is 9.97 Å². The first-order valence-corrected chi connectivity index (χ1v) is 12.3. The first kappa shape index (κ1) is 21.8. The maximum atomic E-state index is 12.3. The van der Waals surface area contributed by atoms with Gasteiger partial charge in [-0.3, -0.25) is 9.59 Å². The second kappa shape index (κ2) is 9.14. The summed E-state index contributed by atoms with van der Waals surface area (Å²) >= 11 is 0. The number of fused-ring (bicyclic) bond motifs is 2. The van der Waals surface area contributed by atoms with E-state index in [0.717, 1.165) is 33.7 Å². The van der Waals surface area contributed by atoms with Gasteiger partial charge in [0, 0.05) is 23.2 Å². The van der Waals surface area contributed by atoms with Crippen molar-refractivity contribution in [3.8, 4) is 0 Å². The van der Waals surface area contributed by atoms with Crippen molar-refractivity contribution in [2.45, 2.75) is 50.4 Å². The maximum Gasteiger partial charge on any atom is 0.250 e. The van der Waals surface area contributed by atoms with Gasteiger partial charge in [-0.2, -0.15) is 0 Å². The third-order valence-electron chi connectivity index (χ3n) is 7.02. The molecule has 6 rings (SSSR count). The molecule has 0 aliphatic heterocycles. The summed E-state index contributed by atoms with van der Waals surface area (Å²) in [7, 11) is 0. The number of benzene rings is 2. The number of carbonyl (C=O) groups is 2. The van der Waals surface area contributed by atoms with Crippen LogP contribution in [0.3, 0.4) is 0 Å². The SMILES string of the molecule is O=C(COCC(=O)Nc1ccc2nc(C3CCC3)[nH]c2c1)Nc1ccc2nc(C3CCC3)[nH]c2c1. The van der Waals surface area contributed by atoms with Gasteiger partial charge in [0.15, 0.2) is 0 Å². The number of carbonyl (C=O) groups excluding carboxylic acids is 2. The second-order valence-corrected chi connectivity index (χ2v) is 9.55. The fourth-order valence-electron chi connectivity index (χ4n) is 4.59. The normalized spacial score (nSPS) is 16.2. The molecule has 2 aromatic carbocycles. The zero-order valence-electron chi connectivity index (χ0n) is 19.4. The van der Waals surface area contributed by atoms with Gasteiger partial charge in [0.1, 0.15) is 24.9 Å². The number of amides is 2. The molecule has 2 heterocycles. The van der Waals surface area contributed by atoms with Crippen LogP contribution in [0.2, 0.25) is 0 Å². The number of hydrogen-bond donors (Lipinski definition) is 4. The van der Waals surface area contributed by atoms with E-state index in [2.05, 4.69) is 30.6 Å². The van der Waals surface area contributed by atoms with Gasteiger partial charge < -0.3 is 25.3 Å². The van der Waals surface area contributed by atoms with Crippen LogP contribution in [0, 0.1) is 0 Å². The molecular formula is C26H28N6O3. The summed E-state index contributed by atoms with van der Waals surface area (Å²) in [6.07, 6.45) is 7.20. The summed E-state index contributed by atoms with van der Waals surface area (Å²) in [5, 5.41) is 5.62. The number of anilines is 2. The molecule has 4 aromatic rings. The number of nitrogens with zero attached hydrogens (tertiary/aromatic N) is 2. The van der Waals surface area contributed by atoms with E-state index in [9.17, 15) is 9.59 Å². The number of H-pyrrole nitrogens is 2. The van der Waals surface area contributed by atoms with Crippen molar-refractivity contribution in [2.24, 2.45) is 0 Å². The van der Waals surface area contributed by atoms with E-state index in [1.807, 2.05) is 36.4 Å². The lowest BCUT2D eigenvalue weighted by Crippen LogP contribution is -2.23. The maximum absolute atomic E-state index is 12.3. The number of rotatable bonds is 8. The summed E-state index contributed by atoms with van der Waals surface area (Å²) in [6, 6.07) is 11.2. The Morgan fingerprint density at radius 1 is 0.771 bits per heavy atom. The second-order valence-electron chi connectivity index (χ2n) is 9.55. The third-order valence-corrected chi connectivity index (χ3v) is 7.02. The quantitative estimate of drug-likeness (QED) is 0.299. The Bertz CT molecular complexity index is 1290. The minimum absolute atomic E-state index is 0.216. The van der Waals surface area contributed by atoms with Crippen LogP contribution in [0.1, 0.15) is 62.0 Å². The molecule has 0 bridgehead atoms. The number of hydrogen-bond acceptors (Lipinski definition) is 5. The van der Waals surface area contributed by atoms with Crippen LogP contribution in [0.25, 0.3) is 22.1 Å². The van der Waals surface area contributed by atoms with Gasteiger partial charge in [0.25, 0.3) is 0 Å². The number of aromatic amines is 2. The van der Waals surface area contributed by atoms with E-state index < -0.39 is 0 Å². The molecule has 2 amide bonds. The summed E-state index contributed by atoms with van der Waals surface area (Å²) in [4.78, 5) is 40.6. The number of ether oxygens (including phenoxy) is 1. The zero-order chi connectivity index (χ0) is 23.8. The number of nitrogens with one attached hydrogen (secondary N) is 4. The van der Waals surface area contributed by atoms with E-state index in [0.29, 0.717) is 23.2 Å². The highest BCUT2D eigenvalue weighted by Crippen LogP contribution is 2.36. The van der Waals surface area contributed by atoms with E-state index in [1.165, 1.54) is 38.5 Å². The molecular weight excluding hydrogens is 444 g/mol. The van der Waals surface area contributed by atoms with Gasteiger partial charge in [0.2, 0.25) is 11.8 Å². The third kappa shape index (κ3) is 4.64. The van der Waals surface area contributed by atoms with Gasteiger partial charge in [-0.15, -0.1) is 0 Å². The number of aromatic nitrogens is 4. The molecule has 0 radical (unpaired) electrons. The Kier molecular flexibility index (Phi) is 5.69. The summed E-state index contributed by atoms with van der Waals surface area (Å²) < 4.78 is 5.33. The van der Waals surface area contributed by atoms with Crippen molar-refractivity contribution in [1.29, 1.82) is 0 Å². The molecule has 2 aliphatic carbocycles. The average Bonchev–Trinajstić information content (AvgIpc) is 3.34. The topological polar surface area (TPSA) is 125 Å². The van der Waals surface area contributed by atoms with Crippen molar-refractivity contribution < 1.29 is 14.3 Å². The highest BCUT2D eigenvalue weighted by Gasteiger charge is 2.23. The minimum atomic E-state index is -0.321. The highest BCUT2D eigenvalue weighted by atomic mass is 16.5. The van der Waals surface area contributed by atoms with Crippen molar-refractivity contribution in [3.05, 3.63) is 48.0 Å². The van der Waals surface area contributed by atoms with Crippen molar-refractivity contribution >= 4 is 45.3 Å². The lowest BCUT2D eigenvalue weighted by Gasteiger charge is -2.22. The van der Waals surface area contributed by atoms with E-state index >= 15 is 0 Å². The Labute approximate surface area is 202 Å². The first-order chi connectivity index (χ1) is 17.1. The lowest BCUT2D eigenvalue weighted by atomic mass is 9.85. The van der Waals surface area contributed by atoms with Gasteiger partial charge in [0.05, 0.1) is 22.1 Å². The van der Waals surface area contributed by atoms with Crippen LogP contribution in [-0.4, -0.2) is 45.0 Å². The van der Waals surface area contributed by atoms with Crippen molar-refractivity contribution in [3.63, 3.8) is 0 Å². The molecule has 0 spiro atoms. The molecule has 2 fully saturated rings. The fourth-order valence-corrected chi connectivity index (χ4v) is 4.59. The largest absolute Gasteiger partial charge is 0.362 e. The molecule has 2 aliphatic rings. The van der Waals surface area contributed by atoms with Gasteiger partial charge in [-0.1, -0.05) is 12.8 Å². The predicted molar refractivity (Wildman–Crippen MR) is 133 cm³/mol. The molecule has 9 nitrogen and oxygen atoms in total. The average molecular weight is 473 g/mol. The Morgan fingerprint density at radius 2 is 1.23 bits per heavy atom. The Hall–Kier alpha value is -3.72. The summed E-state index contributed by atoms with van der Waals surface area (Å²) in [6.45, 7) is -0.432. The predicted octanol–water partition coefficient (Wildman–Crippen LogP) is 4.57. The summed E-state index contributed by atoms with van der Waals surface area (Å²) in [5.41, 5.74) is 4.91. The van der Waals surface area contributed by atoms with E-state index in [1.54, 1.807) is 0 Å². The monoisotopic (exact) mass is 472 g/mol. The van der Waals surface area contributed by atoms with Crippen LogP contribution in [0.15, 0.2) is 36.4 Å². The molecule has 180 valence electrons. The van der Waals surface area contributed by atoms with E-state index in [4.69, 9.17) is 4.74 Å². The zero-order valence-corrected chi connectivity index (χ0v) is 19.4. The lowest BCUT2D eigenvalue weighted by molar-refractivity contribution is -0.125. The molecule has 0 atom stereocenters. The molecule has 4 N–H and O–H groups in total. The van der Waals surface area contributed by atoms with Crippen LogP contribution in [0.5, 0.6) is 0 Å². The van der Waals surface area contributed by atoms with Crippen LogP contribution in [0.4, 0.5) is 11.4 Å². The van der Waals surface area contributed by atoms with Crippen LogP contribution in [-0.2, 0) is 14.3 Å². The molecule has 35 heavy (non-hydrogen) atoms. The number of imidazole rings is 2. The van der Waals surface area contributed by atoms with E-state index in [-0.39, 0.29) is 25.0 Å². The minimum Gasteiger partial charge on any atom is -0.362 e. The van der Waals surface area contributed by atoms with Crippen LogP contribution >= 0.6 is 0 Å². The fraction of sp³-hybridized carbons (Fsp3) is 0.385. The summed E-state index contributed by atoms with van der Waals surface area (Å²) in [5.74, 6) is 2.44. The smallest absolute Gasteiger partial charge is 0.250 e. The highest BCUT2D eigenvalue weighted by molar-refractivity contribution is 5.95. The molecule has 9 heteroatoms. The Morgan fingerprint density at radius 3 is 1.63 bits per heavy atom. The van der Waals surface area contributed by atoms with Crippen LogP contribution < -0.4 is 10.6 Å².